The molecule has 1 aromatic carbocycles. The van der Waals surface area contributed by atoms with Crippen LogP contribution in [0.2, 0.25) is 0 Å². The van der Waals surface area contributed by atoms with E-state index in [4.69, 9.17) is 10.6 Å². The Morgan fingerprint density at radius 2 is 2.12 bits per heavy atom. The Balaban J connectivity index is 2.23. The van der Waals surface area contributed by atoms with E-state index in [0.29, 0.717) is 13.0 Å². The zero-order chi connectivity index (χ0) is 11.8. The van der Waals surface area contributed by atoms with Crippen molar-refractivity contribution in [3.8, 4) is 0 Å². The molecule has 0 saturated heterocycles. The number of nitrogens with two attached hydrogens (primary N) is 1. The lowest BCUT2D eigenvalue weighted by Gasteiger charge is -2.10. The summed E-state index contributed by atoms with van der Waals surface area (Å²) >= 11 is 0. The molecule has 0 radical (unpaired) electrons. The van der Waals surface area contributed by atoms with E-state index in [9.17, 15) is 4.79 Å². The molecule has 4 heteroatoms. The van der Waals surface area contributed by atoms with Gasteiger partial charge in [-0.3, -0.25) is 9.63 Å². The first-order valence-electron chi connectivity index (χ1n) is 5.45. The molecule has 0 fully saturated rings. The van der Waals surface area contributed by atoms with Crippen LogP contribution in [0.3, 0.4) is 0 Å². The molecule has 3 N–H and O–H groups in total. The van der Waals surface area contributed by atoms with Crippen molar-refractivity contribution in [2.45, 2.75) is 32.4 Å². The van der Waals surface area contributed by atoms with Crippen LogP contribution in [0.15, 0.2) is 30.3 Å². The maximum Gasteiger partial charge on any atom is 0.260 e. The monoisotopic (exact) mass is 222 g/mol. The molecule has 0 aliphatic rings. The Morgan fingerprint density at radius 1 is 1.44 bits per heavy atom. The molecule has 4 nitrogen and oxygen atoms in total. The number of hydrogen-bond donors (Lipinski definition) is 2. The van der Waals surface area contributed by atoms with E-state index < -0.39 is 6.04 Å². The fourth-order valence-electron chi connectivity index (χ4n) is 1.28. The van der Waals surface area contributed by atoms with Crippen LogP contribution in [-0.4, -0.2) is 11.9 Å². The van der Waals surface area contributed by atoms with Crippen molar-refractivity contribution >= 4 is 5.91 Å². The van der Waals surface area contributed by atoms with Gasteiger partial charge in [-0.2, -0.15) is 0 Å². The molecule has 0 aliphatic carbocycles. The van der Waals surface area contributed by atoms with Gasteiger partial charge in [0.15, 0.2) is 0 Å². The molecular weight excluding hydrogens is 204 g/mol. The molecule has 0 aromatic heterocycles. The second kappa shape index (κ2) is 6.98. The summed E-state index contributed by atoms with van der Waals surface area (Å²) in [6.45, 7) is 2.34. The van der Waals surface area contributed by atoms with E-state index in [1.807, 2.05) is 37.3 Å². The highest BCUT2D eigenvalue weighted by molar-refractivity contribution is 5.80. The minimum absolute atomic E-state index is 0.266. The summed E-state index contributed by atoms with van der Waals surface area (Å²) in [5, 5.41) is 0. The summed E-state index contributed by atoms with van der Waals surface area (Å²) in [6.07, 6.45) is 1.55. The minimum Gasteiger partial charge on any atom is -0.320 e. The van der Waals surface area contributed by atoms with Crippen molar-refractivity contribution in [1.29, 1.82) is 0 Å². The standard InChI is InChI=1S/C12H18N2O2/c1-2-6-11(13)12(15)14-16-9-10-7-4-3-5-8-10/h3-5,7-8,11H,2,6,9,13H2,1H3,(H,14,15)/t11-/m1/s1. The molecule has 1 aromatic rings. The van der Waals surface area contributed by atoms with Crippen LogP contribution in [0.5, 0.6) is 0 Å². The first kappa shape index (κ1) is 12.7. The van der Waals surface area contributed by atoms with E-state index >= 15 is 0 Å². The van der Waals surface area contributed by atoms with Crippen LogP contribution >= 0.6 is 0 Å². The smallest absolute Gasteiger partial charge is 0.260 e. The molecule has 0 spiro atoms. The number of carbonyl (C=O) groups excluding carboxylic acids is 1. The number of carbonyl (C=O) groups is 1. The molecule has 0 saturated carbocycles. The third-order valence-electron chi connectivity index (χ3n) is 2.19. The minimum atomic E-state index is -0.485. The Labute approximate surface area is 95.7 Å². The molecule has 1 atom stereocenters. The molecule has 0 heterocycles. The summed E-state index contributed by atoms with van der Waals surface area (Å²) in [6, 6.07) is 9.14. The first-order valence-corrected chi connectivity index (χ1v) is 5.45. The lowest BCUT2D eigenvalue weighted by Crippen LogP contribution is -2.40. The zero-order valence-corrected chi connectivity index (χ0v) is 9.48. The molecule has 16 heavy (non-hydrogen) atoms. The Morgan fingerprint density at radius 3 is 2.75 bits per heavy atom. The molecular formula is C12H18N2O2. The van der Waals surface area contributed by atoms with Gasteiger partial charge in [-0.05, 0) is 12.0 Å². The Kier molecular flexibility index (Phi) is 5.53. The zero-order valence-electron chi connectivity index (χ0n) is 9.48. The average Bonchev–Trinajstić information content (AvgIpc) is 2.30. The van der Waals surface area contributed by atoms with Crippen LogP contribution in [0, 0.1) is 0 Å². The van der Waals surface area contributed by atoms with Gasteiger partial charge in [0.25, 0.3) is 5.91 Å². The third kappa shape index (κ3) is 4.42. The third-order valence-corrected chi connectivity index (χ3v) is 2.19. The van der Waals surface area contributed by atoms with E-state index in [1.54, 1.807) is 0 Å². The summed E-state index contributed by atoms with van der Waals surface area (Å²) in [5.41, 5.74) is 8.97. The SMILES string of the molecule is CCC[C@@H](N)C(=O)NOCc1ccccc1. The van der Waals surface area contributed by atoms with Gasteiger partial charge in [0.2, 0.25) is 0 Å². The number of amides is 1. The number of nitrogens with one attached hydrogen (secondary N) is 1. The van der Waals surface area contributed by atoms with Gasteiger partial charge in [-0.1, -0.05) is 43.7 Å². The number of benzene rings is 1. The lowest BCUT2D eigenvalue weighted by molar-refractivity contribution is -0.136. The van der Waals surface area contributed by atoms with Gasteiger partial charge in [0, 0.05) is 0 Å². The van der Waals surface area contributed by atoms with Crippen molar-refractivity contribution < 1.29 is 9.63 Å². The largest absolute Gasteiger partial charge is 0.320 e. The number of rotatable bonds is 6. The van der Waals surface area contributed by atoms with Gasteiger partial charge in [-0.25, -0.2) is 5.48 Å². The molecule has 0 bridgehead atoms. The van der Waals surface area contributed by atoms with Crippen molar-refractivity contribution in [2.24, 2.45) is 5.73 Å². The molecule has 1 rings (SSSR count). The predicted molar refractivity (Wildman–Crippen MR) is 62.3 cm³/mol. The van der Waals surface area contributed by atoms with E-state index in [2.05, 4.69) is 5.48 Å². The van der Waals surface area contributed by atoms with E-state index in [0.717, 1.165) is 12.0 Å². The van der Waals surface area contributed by atoms with Crippen LogP contribution < -0.4 is 11.2 Å². The van der Waals surface area contributed by atoms with Gasteiger partial charge in [-0.15, -0.1) is 0 Å². The molecule has 0 unspecified atom stereocenters. The lowest BCUT2D eigenvalue weighted by atomic mass is 10.2. The van der Waals surface area contributed by atoms with Crippen molar-refractivity contribution in [3.05, 3.63) is 35.9 Å². The van der Waals surface area contributed by atoms with Gasteiger partial charge >= 0.3 is 0 Å². The highest BCUT2D eigenvalue weighted by atomic mass is 16.6. The first-order chi connectivity index (χ1) is 7.74. The highest BCUT2D eigenvalue weighted by Gasteiger charge is 2.11. The second-order valence-corrected chi connectivity index (χ2v) is 3.64. The summed E-state index contributed by atoms with van der Waals surface area (Å²) in [5.74, 6) is -0.266. The molecule has 0 aliphatic heterocycles. The van der Waals surface area contributed by atoms with Gasteiger partial charge < -0.3 is 5.73 Å². The fraction of sp³-hybridized carbons (Fsp3) is 0.417. The Hall–Kier alpha value is -1.39. The maximum absolute atomic E-state index is 11.4. The van der Waals surface area contributed by atoms with Crippen molar-refractivity contribution in [2.75, 3.05) is 0 Å². The van der Waals surface area contributed by atoms with Crippen LogP contribution in [-0.2, 0) is 16.2 Å². The Bertz CT molecular complexity index is 314. The maximum atomic E-state index is 11.4. The second-order valence-electron chi connectivity index (χ2n) is 3.64. The van der Waals surface area contributed by atoms with Crippen molar-refractivity contribution in [3.63, 3.8) is 0 Å². The normalized spacial score (nSPS) is 12.1. The van der Waals surface area contributed by atoms with Crippen LogP contribution in [0.4, 0.5) is 0 Å². The summed E-state index contributed by atoms with van der Waals surface area (Å²) in [4.78, 5) is 16.4. The molecule has 88 valence electrons. The number of hydroxylamine groups is 1. The molecule has 1 amide bonds. The van der Waals surface area contributed by atoms with E-state index in [-0.39, 0.29) is 5.91 Å². The van der Waals surface area contributed by atoms with Gasteiger partial charge in [0.1, 0.15) is 0 Å². The predicted octanol–water partition coefficient (Wildman–Crippen LogP) is 1.36. The number of hydrogen-bond acceptors (Lipinski definition) is 3. The highest BCUT2D eigenvalue weighted by Crippen LogP contribution is 1.99. The van der Waals surface area contributed by atoms with E-state index in [1.165, 1.54) is 0 Å². The van der Waals surface area contributed by atoms with Crippen LogP contribution in [0.25, 0.3) is 0 Å². The summed E-state index contributed by atoms with van der Waals surface area (Å²) < 4.78 is 0. The van der Waals surface area contributed by atoms with Crippen molar-refractivity contribution in [1.82, 2.24) is 5.48 Å². The van der Waals surface area contributed by atoms with Gasteiger partial charge in [0.05, 0.1) is 12.6 Å². The van der Waals surface area contributed by atoms with Crippen LogP contribution in [0.1, 0.15) is 25.3 Å². The average molecular weight is 222 g/mol. The summed E-state index contributed by atoms with van der Waals surface area (Å²) in [7, 11) is 0. The fourth-order valence-corrected chi connectivity index (χ4v) is 1.28. The topological polar surface area (TPSA) is 64.4 Å². The quantitative estimate of drug-likeness (QED) is 0.714.